The molecule has 5 nitrogen and oxygen atoms in total. The third kappa shape index (κ3) is 9.52. The molecule has 0 spiro atoms. The standard InChI is InChI=1S/C38H46O5/c1-25-9-13-29(5)35(17-25)39-21-33(22-40-36-18-26(2)10-14-30(36)6)43-34(23-41-37-19-27(3)11-15-31(37)7)24-42-38-20-28(4)12-16-32(38)8/h9-20,33-34H,21-24H2,1-8H3. The van der Waals surface area contributed by atoms with Gasteiger partial charge in [-0.2, -0.15) is 0 Å². The fourth-order valence-corrected chi connectivity index (χ4v) is 4.71. The highest BCUT2D eigenvalue weighted by Crippen LogP contribution is 2.24. The summed E-state index contributed by atoms with van der Waals surface area (Å²) in [5, 5.41) is 0. The fraction of sp³-hybridized carbons (Fsp3) is 0.368. The molecule has 0 bridgehead atoms. The van der Waals surface area contributed by atoms with Crippen LogP contribution in [-0.2, 0) is 4.74 Å². The van der Waals surface area contributed by atoms with Gasteiger partial charge in [0.15, 0.2) is 0 Å². The first kappa shape index (κ1) is 32.0. The van der Waals surface area contributed by atoms with Gasteiger partial charge < -0.3 is 23.7 Å². The zero-order valence-corrected chi connectivity index (χ0v) is 27.0. The van der Waals surface area contributed by atoms with Crippen LogP contribution < -0.4 is 18.9 Å². The van der Waals surface area contributed by atoms with Gasteiger partial charge in [-0.1, -0.05) is 48.5 Å². The normalized spacial score (nSPS) is 11.2. The van der Waals surface area contributed by atoms with Crippen molar-refractivity contribution >= 4 is 0 Å². The van der Waals surface area contributed by atoms with Gasteiger partial charge in [0.25, 0.3) is 0 Å². The van der Waals surface area contributed by atoms with Crippen LogP contribution in [0.25, 0.3) is 0 Å². The molecule has 0 aliphatic heterocycles. The smallest absolute Gasteiger partial charge is 0.126 e. The second kappa shape index (κ2) is 15.0. The molecule has 5 heteroatoms. The van der Waals surface area contributed by atoms with E-state index in [2.05, 4.69) is 128 Å². The Morgan fingerprint density at radius 2 is 0.605 bits per heavy atom. The Hall–Kier alpha value is -3.96. The van der Waals surface area contributed by atoms with E-state index < -0.39 is 0 Å². The molecule has 43 heavy (non-hydrogen) atoms. The summed E-state index contributed by atoms with van der Waals surface area (Å²) in [5.74, 6) is 3.37. The third-order valence-electron chi connectivity index (χ3n) is 7.46. The number of hydrogen-bond acceptors (Lipinski definition) is 5. The minimum atomic E-state index is -0.380. The summed E-state index contributed by atoms with van der Waals surface area (Å²) in [4.78, 5) is 0. The maximum absolute atomic E-state index is 6.72. The second-order valence-electron chi connectivity index (χ2n) is 11.7. The quantitative estimate of drug-likeness (QED) is 0.149. The van der Waals surface area contributed by atoms with Gasteiger partial charge in [0.2, 0.25) is 0 Å². The summed E-state index contributed by atoms with van der Waals surface area (Å²) in [5.41, 5.74) is 8.89. The topological polar surface area (TPSA) is 46.2 Å². The maximum Gasteiger partial charge on any atom is 0.126 e. The number of aryl methyl sites for hydroxylation is 8. The van der Waals surface area contributed by atoms with Crippen molar-refractivity contribution in [2.24, 2.45) is 0 Å². The first-order valence-electron chi connectivity index (χ1n) is 15.0. The molecule has 228 valence electrons. The molecule has 0 saturated heterocycles. The van der Waals surface area contributed by atoms with Crippen LogP contribution >= 0.6 is 0 Å². The zero-order chi connectivity index (χ0) is 30.9. The van der Waals surface area contributed by atoms with Crippen molar-refractivity contribution in [1.82, 2.24) is 0 Å². The summed E-state index contributed by atoms with van der Waals surface area (Å²) in [6, 6.07) is 24.9. The van der Waals surface area contributed by atoms with Crippen LogP contribution in [-0.4, -0.2) is 38.6 Å². The highest BCUT2D eigenvalue weighted by molar-refractivity contribution is 5.38. The first-order chi connectivity index (χ1) is 20.6. The molecule has 0 aromatic heterocycles. The molecule has 0 atom stereocenters. The predicted octanol–water partition coefficient (Wildman–Crippen LogP) is 8.52. The van der Waals surface area contributed by atoms with Crippen molar-refractivity contribution < 1.29 is 23.7 Å². The van der Waals surface area contributed by atoms with E-state index in [1.54, 1.807) is 0 Å². The van der Waals surface area contributed by atoms with Crippen LogP contribution in [0.4, 0.5) is 0 Å². The van der Waals surface area contributed by atoms with E-state index in [1.165, 1.54) is 0 Å². The lowest BCUT2D eigenvalue weighted by molar-refractivity contribution is -0.0821. The first-order valence-corrected chi connectivity index (χ1v) is 15.0. The summed E-state index contributed by atoms with van der Waals surface area (Å²) < 4.78 is 32.0. The average Bonchev–Trinajstić information content (AvgIpc) is 2.97. The summed E-state index contributed by atoms with van der Waals surface area (Å²) >= 11 is 0. The van der Waals surface area contributed by atoms with E-state index >= 15 is 0 Å². The largest absolute Gasteiger partial charge is 0.490 e. The molecule has 4 aromatic carbocycles. The van der Waals surface area contributed by atoms with Crippen molar-refractivity contribution in [3.05, 3.63) is 117 Å². The van der Waals surface area contributed by atoms with E-state index in [4.69, 9.17) is 23.7 Å². The Bertz CT molecular complexity index is 1280. The van der Waals surface area contributed by atoms with Gasteiger partial charge >= 0.3 is 0 Å². The van der Waals surface area contributed by atoms with Crippen LogP contribution in [0.1, 0.15) is 44.5 Å². The van der Waals surface area contributed by atoms with Gasteiger partial charge in [-0.3, -0.25) is 0 Å². The molecule has 0 saturated carbocycles. The van der Waals surface area contributed by atoms with Crippen LogP contribution in [0, 0.1) is 55.4 Å². The van der Waals surface area contributed by atoms with Crippen molar-refractivity contribution in [3.63, 3.8) is 0 Å². The van der Waals surface area contributed by atoms with Crippen molar-refractivity contribution in [1.29, 1.82) is 0 Å². The van der Waals surface area contributed by atoms with Gasteiger partial charge in [-0.15, -0.1) is 0 Å². The minimum absolute atomic E-state index is 0.318. The lowest BCUT2D eigenvalue weighted by Gasteiger charge is -2.27. The molecule has 0 heterocycles. The summed E-state index contributed by atoms with van der Waals surface area (Å²) in [7, 11) is 0. The van der Waals surface area contributed by atoms with Gasteiger partial charge in [0.05, 0.1) is 0 Å². The van der Waals surface area contributed by atoms with Gasteiger partial charge in [0.1, 0.15) is 61.6 Å². The van der Waals surface area contributed by atoms with E-state index in [9.17, 15) is 0 Å². The molecule has 0 radical (unpaired) electrons. The maximum atomic E-state index is 6.72. The van der Waals surface area contributed by atoms with Gasteiger partial charge in [-0.05, 0) is 124 Å². The van der Waals surface area contributed by atoms with E-state index in [0.29, 0.717) is 26.4 Å². The fourth-order valence-electron chi connectivity index (χ4n) is 4.71. The molecule has 4 rings (SSSR count). The van der Waals surface area contributed by atoms with Crippen molar-refractivity contribution in [2.75, 3.05) is 26.4 Å². The predicted molar refractivity (Wildman–Crippen MR) is 174 cm³/mol. The Labute approximate surface area is 257 Å². The molecule has 0 fully saturated rings. The molecular formula is C38H46O5. The number of hydrogen-bond donors (Lipinski definition) is 0. The Kier molecular flexibility index (Phi) is 11.1. The number of benzene rings is 4. The highest BCUT2D eigenvalue weighted by atomic mass is 16.6. The van der Waals surface area contributed by atoms with Gasteiger partial charge in [-0.25, -0.2) is 0 Å². The van der Waals surface area contributed by atoms with Crippen LogP contribution in [0.2, 0.25) is 0 Å². The van der Waals surface area contributed by atoms with Crippen LogP contribution in [0.5, 0.6) is 23.0 Å². The Balaban J connectivity index is 1.55. The van der Waals surface area contributed by atoms with Crippen LogP contribution in [0.15, 0.2) is 72.8 Å². The van der Waals surface area contributed by atoms with Crippen molar-refractivity contribution in [2.45, 2.75) is 67.6 Å². The summed E-state index contributed by atoms with van der Waals surface area (Å²) in [6.07, 6.45) is -0.761. The molecule has 0 amide bonds. The average molecular weight is 583 g/mol. The van der Waals surface area contributed by atoms with Crippen LogP contribution in [0.3, 0.4) is 0 Å². The van der Waals surface area contributed by atoms with Crippen molar-refractivity contribution in [3.8, 4) is 23.0 Å². The van der Waals surface area contributed by atoms with E-state index in [0.717, 1.165) is 67.5 Å². The number of rotatable bonds is 14. The zero-order valence-electron chi connectivity index (χ0n) is 27.0. The Morgan fingerprint density at radius 1 is 0.372 bits per heavy atom. The summed E-state index contributed by atoms with van der Waals surface area (Å²) in [6.45, 7) is 17.7. The molecule has 0 aliphatic rings. The monoisotopic (exact) mass is 582 g/mol. The lowest BCUT2D eigenvalue weighted by Crippen LogP contribution is -2.38. The van der Waals surface area contributed by atoms with Gasteiger partial charge in [0, 0.05) is 0 Å². The SMILES string of the molecule is Cc1ccc(C)c(OCC(COc2cc(C)ccc2C)OC(COc2cc(C)ccc2C)COc2cc(C)ccc2C)c1. The molecule has 0 N–H and O–H groups in total. The lowest BCUT2D eigenvalue weighted by atomic mass is 10.1. The van der Waals surface area contributed by atoms with E-state index in [-0.39, 0.29) is 12.2 Å². The number of ether oxygens (including phenoxy) is 5. The molecule has 0 aliphatic carbocycles. The Morgan fingerprint density at radius 3 is 0.837 bits per heavy atom. The minimum Gasteiger partial charge on any atom is -0.490 e. The third-order valence-corrected chi connectivity index (χ3v) is 7.46. The molecule has 0 unspecified atom stereocenters. The second-order valence-corrected chi connectivity index (χ2v) is 11.7. The molecular weight excluding hydrogens is 536 g/mol. The molecule has 4 aromatic rings. The van der Waals surface area contributed by atoms with E-state index in [1.807, 2.05) is 0 Å². The highest BCUT2D eigenvalue weighted by Gasteiger charge is 2.22.